The first-order valence-corrected chi connectivity index (χ1v) is 12.7. The lowest BCUT2D eigenvalue weighted by Gasteiger charge is -2.40. The van der Waals surface area contributed by atoms with E-state index in [1.165, 1.54) is 12.1 Å². The number of carbonyl (C=O) groups excluding carboxylic acids is 1. The van der Waals surface area contributed by atoms with E-state index in [2.05, 4.69) is 14.8 Å². The minimum atomic E-state index is -4.77. The number of ether oxygens (including phenoxy) is 1. The summed E-state index contributed by atoms with van der Waals surface area (Å²) in [4.78, 5) is 21.1. The summed E-state index contributed by atoms with van der Waals surface area (Å²) in [7, 11) is 0. The van der Waals surface area contributed by atoms with Crippen molar-refractivity contribution in [2.45, 2.75) is 37.8 Å². The van der Waals surface area contributed by atoms with E-state index in [-0.39, 0.29) is 24.7 Å². The van der Waals surface area contributed by atoms with Crippen LogP contribution in [0.4, 0.5) is 13.2 Å². The molecule has 2 heterocycles. The van der Waals surface area contributed by atoms with E-state index in [0.29, 0.717) is 26.2 Å². The van der Waals surface area contributed by atoms with Crippen LogP contribution in [0.15, 0.2) is 73.1 Å². The summed E-state index contributed by atoms with van der Waals surface area (Å²) < 4.78 is 44.6. The molecular formula is C29H32F3N3O4. The number of halogens is 3. The van der Waals surface area contributed by atoms with Gasteiger partial charge in [-0.2, -0.15) is 13.2 Å². The highest BCUT2D eigenvalue weighted by Crippen LogP contribution is 2.39. The highest BCUT2D eigenvalue weighted by Gasteiger charge is 2.51. The average Bonchev–Trinajstić information content (AvgIpc) is 2.93. The Bertz CT molecular complexity index is 1220. The van der Waals surface area contributed by atoms with Crippen molar-refractivity contribution in [1.82, 2.24) is 14.8 Å². The summed E-state index contributed by atoms with van der Waals surface area (Å²) in [6, 6.07) is 16.8. The number of hydrogen-bond acceptors (Lipinski definition) is 7. The zero-order chi connectivity index (χ0) is 28.0. The monoisotopic (exact) mass is 543 g/mol. The molecule has 0 radical (unpaired) electrons. The van der Waals surface area contributed by atoms with Gasteiger partial charge in [-0.3, -0.25) is 19.6 Å². The number of esters is 1. The standard InChI is InChI=1S/C29H32F3N3O4/c1-28(38,29(30,31)32)25-8-6-24(7-9-25)23-4-2-21(3-5-23)18-34-14-15-35(19-22-10-12-33-13-11-22)26(20-34)27(37)39-17-16-36/h2-13,26,36,38H,14-20H2,1H3. The van der Waals surface area contributed by atoms with E-state index in [1.807, 2.05) is 36.4 Å². The fraction of sp³-hybridized carbons (Fsp3) is 0.379. The molecule has 1 aliphatic rings. The molecule has 1 aliphatic heterocycles. The second-order valence-corrected chi connectivity index (χ2v) is 9.81. The van der Waals surface area contributed by atoms with Crippen molar-refractivity contribution in [3.8, 4) is 11.1 Å². The number of nitrogens with zero attached hydrogens (tertiary/aromatic N) is 3. The molecule has 208 valence electrons. The number of aliphatic hydroxyl groups is 2. The van der Waals surface area contributed by atoms with E-state index in [1.54, 1.807) is 24.5 Å². The van der Waals surface area contributed by atoms with Gasteiger partial charge in [0.1, 0.15) is 12.6 Å². The van der Waals surface area contributed by atoms with Crippen molar-refractivity contribution < 1.29 is 32.9 Å². The average molecular weight is 544 g/mol. The van der Waals surface area contributed by atoms with Gasteiger partial charge in [0.25, 0.3) is 0 Å². The van der Waals surface area contributed by atoms with Crippen LogP contribution in [-0.4, -0.2) is 76.0 Å². The second-order valence-electron chi connectivity index (χ2n) is 9.81. The van der Waals surface area contributed by atoms with Crippen LogP contribution in [0.5, 0.6) is 0 Å². The number of piperazine rings is 1. The number of rotatable bonds is 9. The Morgan fingerprint density at radius 2 is 1.54 bits per heavy atom. The summed E-state index contributed by atoms with van der Waals surface area (Å²) in [6.45, 7) is 3.54. The van der Waals surface area contributed by atoms with Crippen LogP contribution in [0, 0.1) is 0 Å². The number of aliphatic hydroxyl groups excluding tert-OH is 1. The molecule has 0 amide bonds. The molecule has 39 heavy (non-hydrogen) atoms. The van der Waals surface area contributed by atoms with E-state index < -0.39 is 17.8 Å². The van der Waals surface area contributed by atoms with Crippen LogP contribution >= 0.6 is 0 Å². The van der Waals surface area contributed by atoms with Crippen molar-refractivity contribution in [2.75, 3.05) is 32.8 Å². The molecule has 0 spiro atoms. The molecular weight excluding hydrogens is 511 g/mol. The van der Waals surface area contributed by atoms with Crippen molar-refractivity contribution in [3.63, 3.8) is 0 Å². The molecule has 10 heteroatoms. The normalized spacial score (nSPS) is 18.5. The van der Waals surface area contributed by atoms with Gasteiger partial charge in [0.05, 0.1) is 6.61 Å². The maximum Gasteiger partial charge on any atom is 0.421 e. The maximum atomic E-state index is 13.1. The van der Waals surface area contributed by atoms with E-state index in [4.69, 9.17) is 9.84 Å². The number of pyridine rings is 1. The third-order valence-electron chi connectivity index (χ3n) is 7.01. The Morgan fingerprint density at radius 3 is 2.13 bits per heavy atom. The van der Waals surface area contributed by atoms with Gasteiger partial charge in [-0.05, 0) is 46.9 Å². The van der Waals surface area contributed by atoms with Gasteiger partial charge in [-0.1, -0.05) is 48.5 Å². The predicted molar refractivity (Wildman–Crippen MR) is 139 cm³/mol. The van der Waals surface area contributed by atoms with Crippen molar-refractivity contribution in [2.24, 2.45) is 0 Å². The van der Waals surface area contributed by atoms with Gasteiger partial charge in [-0.25, -0.2) is 0 Å². The Kier molecular flexibility index (Phi) is 9.01. The minimum absolute atomic E-state index is 0.0470. The Labute approximate surface area is 225 Å². The Morgan fingerprint density at radius 1 is 0.949 bits per heavy atom. The van der Waals surface area contributed by atoms with Crippen molar-refractivity contribution in [1.29, 1.82) is 0 Å². The molecule has 2 aromatic carbocycles. The van der Waals surface area contributed by atoms with Gasteiger partial charge < -0.3 is 14.9 Å². The maximum absolute atomic E-state index is 13.1. The lowest BCUT2D eigenvalue weighted by molar-refractivity contribution is -0.258. The molecule has 1 aromatic heterocycles. The highest BCUT2D eigenvalue weighted by molar-refractivity contribution is 5.76. The van der Waals surface area contributed by atoms with Gasteiger partial charge in [0.15, 0.2) is 5.60 Å². The zero-order valence-electron chi connectivity index (χ0n) is 21.6. The number of benzene rings is 2. The molecule has 3 aromatic rings. The molecule has 0 bridgehead atoms. The summed E-state index contributed by atoms with van der Waals surface area (Å²) in [6.07, 6.45) is -1.33. The first-order valence-electron chi connectivity index (χ1n) is 12.7. The fourth-order valence-electron chi connectivity index (χ4n) is 4.61. The smallest absolute Gasteiger partial charge is 0.421 e. The Hall–Kier alpha value is -3.31. The first-order chi connectivity index (χ1) is 18.6. The quantitative estimate of drug-likeness (QED) is 0.398. The third-order valence-corrected chi connectivity index (χ3v) is 7.01. The Balaban J connectivity index is 1.41. The first kappa shape index (κ1) is 28.7. The van der Waals surface area contributed by atoms with E-state index in [0.717, 1.165) is 35.7 Å². The van der Waals surface area contributed by atoms with E-state index >= 15 is 0 Å². The molecule has 2 unspecified atom stereocenters. The number of aromatic nitrogens is 1. The highest BCUT2D eigenvalue weighted by atomic mass is 19.4. The molecule has 0 saturated carbocycles. The second kappa shape index (κ2) is 12.3. The molecule has 7 nitrogen and oxygen atoms in total. The molecule has 4 rings (SSSR count). The predicted octanol–water partition coefficient (Wildman–Crippen LogP) is 3.74. The van der Waals surface area contributed by atoms with Gasteiger partial charge in [0, 0.05) is 45.1 Å². The van der Waals surface area contributed by atoms with Crippen molar-refractivity contribution >= 4 is 5.97 Å². The number of hydrogen-bond donors (Lipinski definition) is 2. The lowest BCUT2D eigenvalue weighted by atomic mass is 9.93. The molecule has 1 fully saturated rings. The molecule has 2 atom stereocenters. The summed E-state index contributed by atoms with van der Waals surface area (Å²) in [5.41, 5.74) is 0.513. The lowest BCUT2D eigenvalue weighted by Crippen LogP contribution is -2.56. The van der Waals surface area contributed by atoms with Crippen molar-refractivity contribution in [3.05, 3.63) is 89.7 Å². The van der Waals surface area contributed by atoms with Gasteiger partial charge in [0.2, 0.25) is 0 Å². The van der Waals surface area contributed by atoms with Gasteiger partial charge >= 0.3 is 12.1 Å². The summed E-state index contributed by atoms with van der Waals surface area (Å²) in [5.74, 6) is -0.369. The van der Waals surface area contributed by atoms with Crippen LogP contribution in [0.25, 0.3) is 11.1 Å². The minimum Gasteiger partial charge on any atom is -0.462 e. The van der Waals surface area contributed by atoms with Crippen LogP contribution < -0.4 is 0 Å². The van der Waals surface area contributed by atoms with Crippen LogP contribution in [0.3, 0.4) is 0 Å². The third kappa shape index (κ3) is 7.02. The number of alkyl halides is 3. The van der Waals surface area contributed by atoms with Crippen LogP contribution in [0.1, 0.15) is 23.6 Å². The van der Waals surface area contributed by atoms with Gasteiger partial charge in [-0.15, -0.1) is 0 Å². The zero-order valence-corrected chi connectivity index (χ0v) is 21.6. The van der Waals surface area contributed by atoms with Crippen LogP contribution in [-0.2, 0) is 28.2 Å². The summed E-state index contributed by atoms with van der Waals surface area (Å²) >= 11 is 0. The van der Waals surface area contributed by atoms with Crippen LogP contribution in [0.2, 0.25) is 0 Å². The van der Waals surface area contributed by atoms with E-state index in [9.17, 15) is 23.1 Å². The molecule has 0 aliphatic carbocycles. The summed E-state index contributed by atoms with van der Waals surface area (Å²) in [5, 5.41) is 19.0. The number of carbonyl (C=O) groups is 1. The largest absolute Gasteiger partial charge is 0.462 e. The molecule has 1 saturated heterocycles. The topological polar surface area (TPSA) is 86.1 Å². The fourth-order valence-corrected chi connectivity index (χ4v) is 4.61. The molecule has 2 N–H and O–H groups in total. The SMILES string of the molecule is CC(O)(c1ccc(-c2ccc(CN3CCN(Cc4ccncc4)C(C(=O)OCCO)C3)cc2)cc1)C(F)(F)F.